The number of fused-ring (bicyclic) bond motifs is 1. The second kappa shape index (κ2) is 11.3. The van der Waals surface area contributed by atoms with E-state index in [9.17, 15) is 5.11 Å². The Morgan fingerprint density at radius 1 is 1.24 bits per heavy atom. The van der Waals surface area contributed by atoms with Gasteiger partial charge >= 0.3 is 0 Å². The fourth-order valence-electron chi connectivity index (χ4n) is 5.30. The second-order valence-electron chi connectivity index (χ2n) is 11.0. The molecule has 1 fully saturated rings. The predicted octanol–water partition coefficient (Wildman–Crippen LogP) is 7.65. The lowest BCUT2D eigenvalue weighted by Crippen LogP contribution is -2.45. The van der Waals surface area contributed by atoms with E-state index in [4.69, 9.17) is 4.74 Å². The summed E-state index contributed by atoms with van der Waals surface area (Å²) in [7, 11) is 0. The van der Waals surface area contributed by atoms with Crippen LogP contribution in [0.5, 0.6) is 0 Å². The van der Waals surface area contributed by atoms with Crippen LogP contribution in [0.2, 0.25) is 0 Å². The summed E-state index contributed by atoms with van der Waals surface area (Å²) in [6.45, 7) is 13.6. The van der Waals surface area contributed by atoms with Gasteiger partial charge in [0.15, 0.2) is 0 Å². The Balaban J connectivity index is 1.66. The zero-order chi connectivity index (χ0) is 21.5. The highest BCUT2D eigenvalue weighted by molar-refractivity contribution is 5.18. The average Bonchev–Trinajstić information content (AvgIpc) is 2.65. The van der Waals surface area contributed by atoms with Gasteiger partial charge in [0.05, 0.1) is 17.3 Å². The molecule has 0 radical (unpaired) electrons. The number of rotatable bonds is 12. The fraction of sp³-hybridized carbons (Fsp3) is 0.889. The summed E-state index contributed by atoms with van der Waals surface area (Å²) in [5.74, 6) is 2.13. The van der Waals surface area contributed by atoms with E-state index in [2.05, 4.69) is 47.1 Å². The molecule has 1 aliphatic carbocycles. The van der Waals surface area contributed by atoms with Gasteiger partial charge in [-0.1, -0.05) is 59.0 Å². The van der Waals surface area contributed by atoms with E-state index < -0.39 is 5.60 Å². The highest BCUT2D eigenvalue weighted by Crippen LogP contribution is 2.43. The molecule has 1 N–H and O–H groups in total. The summed E-state index contributed by atoms with van der Waals surface area (Å²) < 4.78 is 6.71. The van der Waals surface area contributed by atoms with Crippen LogP contribution in [0.25, 0.3) is 0 Å². The number of hydrogen-bond acceptors (Lipinski definition) is 2. The van der Waals surface area contributed by atoms with Gasteiger partial charge in [0, 0.05) is 0 Å². The third-order valence-corrected chi connectivity index (χ3v) is 7.87. The third kappa shape index (κ3) is 8.02. The van der Waals surface area contributed by atoms with Crippen molar-refractivity contribution in [2.45, 2.75) is 136 Å². The molecule has 0 aromatic rings. The molecule has 0 aromatic carbocycles. The smallest absolute Gasteiger partial charge is 0.0820 e. The maximum Gasteiger partial charge on any atom is 0.0820 e. The Labute approximate surface area is 181 Å². The molecule has 0 amide bonds. The van der Waals surface area contributed by atoms with Gasteiger partial charge in [0.25, 0.3) is 0 Å². The number of ether oxygens (including phenoxy) is 1. The van der Waals surface area contributed by atoms with Crippen LogP contribution >= 0.6 is 0 Å². The predicted molar refractivity (Wildman–Crippen MR) is 125 cm³/mol. The van der Waals surface area contributed by atoms with Gasteiger partial charge in [-0.25, -0.2) is 0 Å². The molecule has 0 aromatic heterocycles. The molecule has 1 heterocycles. The van der Waals surface area contributed by atoms with E-state index in [1.807, 2.05) is 6.92 Å². The minimum Gasteiger partial charge on any atom is -0.390 e. The molecule has 6 atom stereocenters. The SMILES string of the molecule is C[CH-]CCCC(C)(O)CCCC(C)CCCC1(C)CCC2=CCC(C)C(C)C2O1. The molecule has 2 nitrogen and oxygen atoms in total. The molecular formula is C27H49O2-. The van der Waals surface area contributed by atoms with Crippen molar-refractivity contribution < 1.29 is 9.84 Å². The van der Waals surface area contributed by atoms with Crippen LogP contribution in [0.4, 0.5) is 0 Å². The summed E-state index contributed by atoms with van der Waals surface area (Å²) >= 11 is 0. The molecule has 6 unspecified atom stereocenters. The molecular weight excluding hydrogens is 356 g/mol. The quantitative estimate of drug-likeness (QED) is 0.205. The van der Waals surface area contributed by atoms with Gasteiger partial charge in [-0.05, 0) is 75.7 Å². The fourth-order valence-corrected chi connectivity index (χ4v) is 5.30. The zero-order valence-electron chi connectivity index (χ0n) is 20.3. The lowest BCUT2D eigenvalue weighted by molar-refractivity contribution is -0.125. The Hall–Kier alpha value is -0.340. The summed E-state index contributed by atoms with van der Waals surface area (Å²) in [5.41, 5.74) is 1.16. The van der Waals surface area contributed by atoms with E-state index in [-0.39, 0.29) is 5.60 Å². The molecule has 1 saturated heterocycles. The first-order chi connectivity index (χ1) is 13.7. The van der Waals surface area contributed by atoms with Crippen molar-refractivity contribution in [3.63, 3.8) is 0 Å². The van der Waals surface area contributed by atoms with Gasteiger partial charge < -0.3 is 16.3 Å². The highest BCUT2D eigenvalue weighted by atomic mass is 16.5. The van der Waals surface area contributed by atoms with Gasteiger partial charge in [-0.3, -0.25) is 0 Å². The molecule has 170 valence electrons. The van der Waals surface area contributed by atoms with Crippen molar-refractivity contribution in [2.75, 3.05) is 0 Å². The van der Waals surface area contributed by atoms with Crippen LogP contribution in [0.3, 0.4) is 0 Å². The summed E-state index contributed by atoms with van der Waals surface area (Å²) in [6.07, 6.45) is 18.9. The van der Waals surface area contributed by atoms with Crippen LogP contribution in [0.15, 0.2) is 11.6 Å². The molecule has 1 aliphatic heterocycles. The van der Waals surface area contributed by atoms with Crippen molar-refractivity contribution in [2.24, 2.45) is 17.8 Å². The zero-order valence-corrected chi connectivity index (χ0v) is 20.3. The van der Waals surface area contributed by atoms with E-state index in [0.29, 0.717) is 12.0 Å². The number of allylic oxidation sites excluding steroid dienone is 1. The van der Waals surface area contributed by atoms with Gasteiger partial charge in [-0.2, -0.15) is 13.3 Å². The maximum absolute atomic E-state index is 10.5. The Morgan fingerprint density at radius 2 is 1.93 bits per heavy atom. The van der Waals surface area contributed by atoms with Crippen molar-refractivity contribution in [1.29, 1.82) is 0 Å². The van der Waals surface area contributed by atoms with Crippen molar-refractivity contribution in [1.82, 2.24) is 0 Å². The lowest BCUT2D eigenvalue weighted by Gasteiger charge is -2.46. The summed E-state index contributed by atoms with van der Waals surface area (Å²) in [4.78, 5) is 0. The summed E-state index contributed by atoms with van der Waals surface area (Å²) in [6, 6.07) is 0. The van der Waals surface area contributed by atoms with Gasteiger partial charge in [-0.15, -0.1) is 0 Å². The van der Waals surface area contributed by atoms with Gasteiger partial charge in [0.1, 0.15) is 0 Å². The largest absolute Gasteiger partial charge is 0.390 e. The minimum atomic E-state index is -0.481. The first-order valence-corrected chi connectivity index (χ1v) is 12.5. The molecule has 2 rings (SSSR count). The second-order valence-corrected chi connectivity index (χ2v) is 11.0. The molecule has 0 saturated carbocycles. The molecule has 2 aliphatic rings. The standard InChI is InChI=1S/C27H49O2/c1-7-8-9-17-26(5,28)18-10-12-21(2)13-11-19-27(6)20-16-24-15-14-22(3)23(4)25(24)29-27/h7,15,21-23,25,28H,8-14,16-20H2,1-6H3/q-1. The summed E-state index contributed by atoms with van der Waals surface area (Å²) in [5, 5.41) is 10.5. The monoisotopic (exact) mass is 405 g/mol. The first kappa shape index (κ1) is 24.9. The van der Waals surface area contributed by atoms with E-state index >= 15 is 0 Å². The van der Waals surface area contributed by atoms with Crippen LogP contribution < -0.4 is 0 Å². The third-order valence-electron chi connectivity index (χ3n) is 7.87. The molecule has 0 spiro atoms. The first-order valence-electron chi connectivity index (χ1n) is 12.5. The molecule has 0 bridgehead atoms. The molecule has 29 heavy (non-hydrogen) atoms. The molecule has 2 heteroatoms. The number of hydrogen-bond donors (Lipinski definition) is 1. The lowest BCUT2D eigenvalue weighted by atomic mass is 9.74. The van der Waals surface area contributed by atoms with Crippen LogP contribution in [-0.4, -0.2) is 22.4 Å². The maximum atomic E-state index is 10.5. The number of unbranched alkanes of at least 4 members (excludes halogenated alkanes) is 2. The van der Waals surface area contributed by atoms with Crippen molar-refractivity contribution in [3.05, 3.63) is 18.1 Å². The van der Waals surface area contributed by atoms with E-state index in [1.54, 1.807) is 5.57 Å². The average molecular weight is 406 g/mol. The highest BCUT2D eigenvalue weighted by Gasteiger charge is 2.40. The van der Waals surface area contributed by atoms with Crippen LogP contribution in [0, 0.1) is 24.2 Å². The van der Waals surface area contributed by atoms with Crippen LogP contribution in [0.1, 0.15) is 119 Å². The van der Waals surface area contributed by atoms with Crippen molar-refractivity contribution in [3.8, 4) is 0 Å². The Bertz CT molecular complexity index is 509. The Kier molecular flexibility index (Phi) is 9.74. The van der Waals surface area contributed by atoms with Gasteiger partial charge in [0.2, 0.25) is 0 Å². The van der Waals surface area contributed by atoms with E-state index in [1.165, 1.54) is 44.9 Å². The van der Waals surface area contributed by atoms with Crippen molar-refractivity contribution >= 4 is 0 Å². The normalized spacial score (nSPS) is 32.9. The van der Waals surface area contributed by atoms with Crippen LogP contribution in [-0.2, 0) is 4.74 Å². The Morgan fingerprint density at radius 3 is 2.66 bits per heavy atom. The topological polar surface area (TPSA) is 29.5 Å². The minimum absolute atomic E-state index is 0.0625. The number of aliphatic hydroxyl groups is 1. The van der Waals surface area contributed by atoms with E-state index in [0.717, 1.165) is 43.9 Å².